The van der Waals surface area contributed by atoms with Gasteiger partial charge < -0.3 is 11.1 Å². The summed E-state index contributed by atoms with van der Waals surface area (Å²) in [7, 11) is 0. The van der Waals surface area contributed by atoms with E-state index in [9.17, 15) is 9.59 Å². The van der Waals surface area contributed by atoms with Gasteiger partial charge in [-0.1, -0.05) is 23.9 Å². The Hall–Kier alpha value is -2.45. The molecule has 2 aromatic heterocycles. The fraction of sp³-hybridized carbons (Fsp3) is 0.176. The van der Waals surface area contributed by atoms with Crippen molar-refractivity contribution in [2.75, 3.05) is 11.1 Å². The third-order valence-electron chi connectivity index (χ3n) is 3.55. The third-order valence-corrected chi connectivity index (χ3v) is 5.32. The summed E-state index contributed by atoms with van der Waals surface area (Å²) in [6.07, 6.45) is 0. The summed E-state index contributed by atoms with van der Waals surface area (Å²) in [5.74, 6) is 0.0749. The quantitative estimate of drug-likeness (QED) is 0.403. The Labute approximate surface area is 152 Å². The molecule has 1 aromatic carbocycles. The van der Waals surface area contributed by atoms with Crippen LogP contribution in [0.2, 0.25) is 0 Å². The molecule has 3 aromatic rings. The molecule has 1 atom stereocenters. The van der Waals surface area contributed by atoms with Crippen LogP contribution in [0.5, 0.6) is 0 Å². The van der Waals surface area contributed by atoms with E-state index in [1.807, 2.05) is 11.4 Å². The number of fused-ring (bicyclic) bond motifs is 1. The molecular weight excluding hydrogens is 356 g/mol. The zero-order valence-electron chi connectivity index (χ0n) is 13.6. The van der Waals surface area contributed by atoms with Gasteiger partial charge >= 0.3 is 0 Å². The Morgan fingerprint density at radius 3 is 2.76 bits per heavy atom. The normalized spacial score (nSPS) is 12.1. The molecule has 0 spiro atoms. The van der Waals surface area contributed by atoms with E-state index in [2.05, 4.69) is 15.3 Å². The van der Waals surface area contributed by atoms with Gasteiger partial charge in [-0.15, -0.1) is 11.3 Å². The average molecular weight is 372 g/mol. The summed E-state index contributed by atoms with van der Waals surface area (Å²) < 4.78 is 0. The number of amides is 1. The summed E-state index contributed by atoms with van der Waals surface area (Å²) in [5, 5.41) is 5.52. The maximum Gasteiger partial charge on any atom is 0.237 e. The Bertz CT molecular complexity index is 955. The van der Waals surface area contributed by atoms with E-state index in [0.29, 0.717) is 22.2 Å². The predicted molar refractivity (Wildman–Crippen MR) is 102 cm³/mol. The van der Waals surface area contributed by atoms with Gasteiger partial charge in [-0.2, -0.15) is 0 Å². The van der Waals surface area contributed by atoms with Crippen molar-refractivity contribution in [1.29, 1.82) is 0 Å². The van der Waals surface area contributed by atoms with Crippen LogP contribution in [-0.4, -0.2) is 26.9 Å². The van der Waals surface area contributed by atoms with Crippen molar-refractivity contribution in [3.63, 3.8) is 0 Å². The van der Waals surface area contributed by atoms with E-state index in [-0.39, 0.29) is 11.7 Å². The predicted octanol–water partition coefficient (Wildman–Crippen LogP) is 3.60. The topological polar surface area (TPSA) is 98.0 Å². The molecule has 25 heavy (non-hydrogen) atoms. The molecule has 8 heteroatoms. The summed E-state index contributed by atoms with van der Waals surface area (Å²) >= 11 is 2.70. The molecule has 0 bridgehead atoms. The zero-order chi connectivity index (χ0) is 18.0. The van der Waals surface area contributed by atoms with Crippen LogP contribution in [0.4, 0.5) is 11.5 Å². The van der Waals surface area contributed by atoms with Gasteiger partial charge in [-0.05, 0) is 37.4 Å². The first-order valence-electron chi connectivity index (χ1n) is 7.54. The van der Waals surface area contributed by atoms with Crippen LogP contribution in [0.3, 0.4) is 0 Å². The van der Waals surface area contributed by atoms with Crippen molar-refractivity contribution in [3.8, 4) is 0 Å². The molecule has 3 N–H and O–H groups in total. The zero-order valence-corrected chi connectivity index (χ0v) is 15.3. The smallest absolute Gasteiger partial charge is 0.237 e. The molecule has 6 nitrogen and oxygen atoms in total. The monoisotopic (exact) mass is 372 g/mol. The van der Waals surface area contributed by atoms with Gasteiger partial charge in [0.05, 0.1) is 16.3 Å². The average Bonchev–Trinajstić information content (AvgIpc) is 3.04. The number of rotatable bonds is 5. The SMILES string of the molecule is CC(=O)c1ccccc1NC(=O)[C@@H](C)Sc1nc(N)c2ccsc2n1. The number of thioether (sulfide) groups is 1. The van der Waals surface area contributed by atoms with Crippen LogP contribution in [0.25, 0.3) is 10.2 Å². The van der Waals surface area contributed by atoms with E-state index in [1.165, 1.54) is 30.0 Å². The lowest BCUT2D eigenvalue weighted by atomic mass is 10.1. The standard InChI is InChI=1S/C17H16N4O2S2/c1-9(22)11-5-3-4-6-13(11)19-15(23)10(2)25-17-20-14(18)12-7-8-24-16(12)21-17/h3-8,10H,1-2H3,(H,19,23)(H2,18,20,21)/t10-/m1/s1. The lowest BCUT2D eigenvalue weighted by molar-refractivity contribution is -0.115. The van der Waals surface area contributed by atoms with E-state index in [1.54, 1.807) is 31.2 Å². The number of aromatic nitrogens is 2. The summed E-state index contributed by atoms with van der Waals surface area (Å²) in [4.78, 5) is 33.6. The molecule has 0 aliphatic heterocycles. The fourth-order valence-electron chi connectivity index (χ4n) is 2.26. The summed E-state index contributed by atoms with van der Waals surface area (Å²) in [6.45, 7) is 3.23. The van der Waals surface area contributed by atoms with Crippen LogP contribution in [0.15, 0.2) is 40.9 Å². The number of thiophene rings is 1. The number of Topliss-reactive ketones (excluding diaryl/α,β-unsaturated/α-hetero) is 1. The van der Waals surface area contributed by atoms with Crippen LogP contribution < -0.4 is 11.1 Å². The lowest BCUT2D eigenvalue weighted by Crippen LogP contribution is -2.23. The molecule has 0 saturated carbocycles. The second-order valence-electron chi connectivity index (χ2n) is 5.38. The number of nitrogen functional groups attached to an aromatic ring is 1. The van der Waals surface area contributed by atoms with Crippen LogP contribution >= 0.6 is 23.1 Å². The molecule has 0 saturated heterocycles. The largest absolute Gasteiger partial charge is 0.383 e. The Morgan fingerprint density at radius 1 is 1.24 bits per heavy atom. The highest BCUT2D eigenvalue weighted by Gasteiger charge is 2.19. The second-order valence-corrected chi connectivity index (χ2v) is 7.58. The first-order chi connectivity index (χ1) is 12.0. The minimum absolute atomic E-state index is 0.101. The number of nitrogens with zero attached hydrogens (tertiary/aromatic N) is 2. The number of para-hydroxylation sites is 1. The number of benzene rings is 1. The molecule has 0 fully saturated rings. The van der Waals surface area contributed by atoms with Crippen molar-refractivity contribution >= 4 is 56.5 Å². The number of nitrogens with one attached hydrogen (secondary N) is 1. The first kappa shape index (κ1) is 17.4. The molecule has 128 valence electrons. The van der Waals surface area contributed by atoms with Gasteiger partial charge in [0, 0.05) is 5.56 Å². The van der Waals surface area contributed by atoms with Gasteiger partial charge in [-0.25, -0.2) is 9.97 Å². The molecule has 0 aliphatic rings. The number of carbonyl (C=O) groups is 2. The number of hydrogen-bond acceptors (Lipinski definition) is 7. The second kappa shape index (κ2) is 7.20. The molecule has 3 rings (SSSR count). The highest BCUT2D eigenvalue weighted by Crippen LogP contribution is 2.28. The highest BCUT2D eigenvalue weighted by atomic mass is 32.2. The van der Waals surface area contributed by atoms with Crippen molar-refractivity contribution in [2.45, 2.75) is 24.3 Å². The van der Waals surface area contributed by atoms with Gasteiger partial charge in [0.25, 0.3) is 0 Å². The van der Waals surface area contributed by atoms with Gasteiger partial charge in [0.1, 0.15) is 10.6 Å². The molecule has 1 amide bonds. The number of hydrogen-bond donors (Lipinski definition) is 2. The Balaban J connectivity index is 1.75. The van der Waals surface area contributed by atoms with Gasteiger partial charge in [0.2, 0.25) is 5.91 Å². The fourth-order valence-corrected chi connectivity index (χ4v) is 3.86. The molecule has 0 aliphatic carbocycles. The number of nitrogens with two attached hydrogens (primary N) is 1. The van der Waals surface area contributed by atoms with Crippen molar-refractivity contribution < 1.29 is 9.59 Å². The number of ketones is 1. The van der Waals surface area contributed by atoms with E-state index >= 15 is 0 Å². The van der Waals surface area contributed by atoms with Gasteiger partial charge in [-0.3, -0.25) is 9.59 Å². The molecule has 0 radical (unpaired) electrons. The molecule has 2 heterocycles. The lowest BCUT2D eigenvalue weighted by Gasteiger charge is -2.13. The summed E-state index contributed by atoms with van der Waals surface area (Å²) in [5.41, 5.74) is 6.92. The van der Waals surface area contributed by atoms with E-state index in [4.69, 9.17) is 5.73 Å². The maximum atomic E-state index is 12.5. The van der Waals surface area contributed by atoms with E-state index < -0.39 is 5.25 Å². The molecule has 0 unspecified atom stereocenters. The van der Waals surface area contributed by atoms with E-state index in [0.717, 1.165) is 10.2 Å². The summed E-state index contributed by atoms with van der Waals surface area (Å²) in [6, 6.07) is 8.80. The van der Waals surface area contributed by atoms with Crippen molar-refractivity contribution in [2.24, 2.45) is 0 Å². The Morgan fingerprint density at radius 2 is 2.00 bits per heavy atom. The Kier molecular flexibility index (Phi) is 5.00. The minimum atomic E-state index is -0.447. The first-order valence-corrected chi connectivity index (χ1v) is 9.30. The number of carbonyl (C=O) groups excluding carboxylic acids is 2. The van der Waals surface area contributed by atoms with Crippen molar-refractivity contribution in [1.82, 2.24) is 9.97 Å². The van der Waals surface area contributed by atoms with Crippen LogP contribution in [0.1, 0.15) is 24.2 Å². The van der Waals surface area contributed by atoms with Crippen molar-refractivity contribution in [3.05, 3.63) is 41.3 Å². The maximum absolute atomic E-state index is 12.5. The van der Waals surface area contributed by atoms with Crippen LogP contribution in [0, 0.1) is 0 Å². The number of anilines is 2. The van der Waals surface area contributed by atoms with Gasteiger partial charge in [0.15, 0.2) is 10.9 Å². The molecular formula is C17H16N4O2S2. The highest BCUT2D eigenvalue weighted by molar-refractivity contribution is 8.00. The minimum Gasteiger partial charge on any atom is -0.383 e. The third kappa shape index (κ3) is 3.80. The van der Waals surface area contributed by atoms with Crippen LogP contribution in [-0.2, 0) is 4.79 Å².